The molecule has 1 aromatic carbocycles. The van der Waals surface area contributed by atoms with E-state index >= 15 is 0 Å². The van der Waals surface area contributed by atoms with Crippen molar-refractivity contribution in [1.82, 2.24) is 30.2 Å². The number of pyridine rings is 1. The average Bonchev–Trinajstić information content (AvgIpc) is 3.37. The van der Waals surface area contributed by atoms with Gasteiger partial charge in [-0.1, -0.05) is 6.07 Å². The Morgan fingerprint density at radius 1 is 1.33 bits per heavy atom. The van der Waals surface area contributed by atoms with E-state index in [-0.39, 0.29) is 12.1 Å². The maximum absolute atomic E-state index is 12.0. The number of aryl methyl sites for hydroxylation is 1. The van der Waals surface area contributed by atoms with Gasteiger partial charge in [-0.2, -0.15) is 15.5 Å². The molecule has 0 aliphatic carbocycles. The molecule has 2 aliphatic rings. The maximum atomic E-state index is 12.0. The molecule has 1 saturated heterocycles. The highest BCUT2D eigenvalue weighted by molar-refractivity contribution is 5.94. The van der Waals surface area contributed by atoms with Gasteiger partial charge in [0.25, 0.3) is 0 Å². The van der Waals surface area contributed by atoms with Crippen LogP contribution in [0.25, 0.3) is 5.82 Å². The van der Waals surface area contributed by atoms with Crippen molar-refractivity contribution in [2.75, 3.05) is 13.1 Å². The van der Waals surface area contributed by atoms with Crippen LogP contribution in [0.3, 0.4) is 0 Å². The van der Waals surface area contributed by atoms with Crippen LogP contribution in [0.4, 0.5) is 0 Å². The number of ether oxygens (including phenoxy) is 1. The molecule has 0 amide bonds. The van der Waals surface area contributed by atoms with Crippen LogP contribution in [0, 0.1) is 25.2 Å². The van der Waals surface area contributed by atoms with Crippen molar-refractivity contribution < 1.29 is 10.9 Å². The normalized spacial score (nSPS) is 23.0. The van der Waals surface area contributed by atoms with Crippen LogP contribution in [0.15, 0.2) is 30.6 Å². The van der Waals surface area contributed by atoms with Gasteiger partial charge >= 0.3 is 5.97 Å². The second-order valence-corrected chi connectivity index (χ2v) is 8.67. The summed E-state index contributed by atoms with van der Waals surface area (Å²) in [6.45, 7) is 7.23. The predicted octanol–water partition coefficient (Wildman–Crippen LogP) is 2.36. The van der Waals surface area contributed by atoms with Crippen molar-refractivity contribution in [3.63, 3.8) is 0 Å². The zero-order valence-corrected chi connectivity index (χ0v) is 18.7. The number of nitriles is 1. The summed E-state index contributed by atoms with van der Waals surface area (Å²) in [6.07, 6.45) is 3.28. The number of carbonyl (C=O) groups is 1. The number of benzene rings is 1. The standard InChI is InChI=1S/C24H25N7O2/c1-14-6-23(26-8-17(14)7-25)31-27-9-18(29-31)11-30-10-15(2)28-22(12-30)19-4-5-20-21(16(19)3)13-33-24(20)32/h4-6,8-9,15,22,28H,10-13H2,1-3H3/t15-,22?/m0/s1/i13D/t13?,15-,22?. The summed E-state index contributed by atoms with van der Waals surface area (Å²) in [5.74, 6) is 0.149. The number of hydrogen-bond acceptors (Lipinski definition) is 8. The van der Waals surface area contributed by atoms with Gasteiger partial charge in [0.2, 0.25) is 0 Å². The second kappa shape index (κ2) is 8.39. The molecule has 3 aromatic rings. The van der Waals surface area contributed by atoms with E-state index in [1.54, 1.807) is 18.3 Å². The molecule has 0 saturated carbocycles. The molecule has 2 unspecified atom stereocenters. The number of carbonyl (C=O) groups excluding carboxylic acids is 1. The molecule has 9 heteroatoms. The molecular formula is C24H25N7O2. The van der Waals surface area contributed by atoms with Gasteiger partial charge in [0, 0.05) is 43.5 Å². The van der Waals surface area contributed by atoms with Crippen LogP contribution in [0.5, 0.6) is 0 Å². The lowest BCUT2D eigenvalue weighted by Gasteiger charge is -2.38. The summed E-state index contributed by atoms with van der Waals surface area (Å²) in [5, 5.41) is 21.7. The summed E-state index contributed by atoms with van der Waals surface area (Å²) in [7, 11) is 0. The zero-order chi connectivity index (χ0) is 24.0. The Hall–Kier alpha value is -3.61. The summed E-state index contributed by atoms with van der Waals surface area (Å²) in [4.78, 5) is 20.1. The van der Waals surface area contributed by atoms with Gasteiger partial charge in [-0.25, -0.2) is 9.78 Å². The van der Waals surface area contributed by atoms with Crippen molar-refractivity contribution >= 4 is 5.97 Å². The Morgan fingerprint density at radius 2 is 2.18 bits per heavy atom. The van der Waals surface area contributed by atoms with E-state index in [0.29, 0.717) is 29.1 Å². The number of hydrogen-bond donors (Lipinski definition) is 1. The number of nitrogens with one attached hydrogen (secondary N) is 1. The van der Waals surface area contributed by atoms with Gasteiger partial charge in [0.05, 0.1) is 24.4 Å². The Kier molecular flexibility index (Phi) is 5.09. The number of rotatable bonds is 4. The van der Waals surface area contributed by atoms with Crippen molar-refractivity contribution in [3.05, 3.63) is 69.7 Å². The summed E-state index contributed by atoms with van der Waals surface area (Å²) >= 11 is 0. The quantitative estimate of drug-likeness (QED) is 0.611. The minimum absolute atomic E-state index is 0.0508. The molecule has 2 aliphatic heterocycles. The Balaban J connectivity index is 1.34. The van der Waals surface area contributed by atoms with Gasteiger partial charge in [-0.15, -0.1) is 4.80 Å². The molecule has 0 radical (unpaired) electrons. The fraction of sp³-hybridized carbons (Fsp3) is 0.375. The van der Waals surface area contributed by atoms with Crippen molar-refractivity contribution in [2.24, 2.45) is 0 Å². The first-order valence-corrected chi connectivity index (χ1v) is 10.9. The minimum atomic E-state index is -0.964. The highest BCUT2D eigenvalue weighted by atomic mass is 16.5. The molecule has 168 valence electrons. The summed E-state index contributed by atoms with van der Waals surface area (Å²) in [6, 6.07) is 7.96. The first-order chi connectivity index (χ1) is 16.3. The predicted molar refractivity (Wildman–Crippen MR) is 120 cm³/mol. The Morgan fingerprint density at radius 3 is 2.97 bits per heavy atom. The molecule has 2 aromatic heterocycles. The van der Waals surface area contributed by atoms with E-state index < -0.39 is 12.6 Å². The monoisotopic (exact) mass is 444 g/mol. The van der Waals surface area contributed by atoms with Gasteiger partial charge < -0.3 is 10.1 Å². The largest absolute Gasteiger partial charge is 0.457 e. The Labute approximate surface area is 193 Å². The highest BCUT2D eigenvalue weighted by Gasteiger charge is 2.30. The molecule has 1 N–H and O–H groups in total. The molecule has 0 bridgehead atoms. The number of cyclic esters (lactones) is 1. The van der Waals surface area contributed by atoms with E-state index in [1.165, 1.54) is 11.0 Å². The minimum Gasteiger partial charge on any atom is -0.457 e. The number of fused-ring (bicyclic) bond motifs is 1. The van der Waals surface area contributed by atoms with Crippen LogP contribution >= 0.6 is 0 Å². The molecular weight excluding hydrogens is 418 g/mol. The topological polar surface area (TPSA) is 109 Å². The molecule has 5 rings (SSSR count). The first kappa shape index (κ1) is 20.0. The fourth-order valence-electron chi connectivity index (χ4n) is 4.59. The third-order valence-electron chi connectivity index (χ3n) is 6.24. The second-order valence-electron chi connectivity index (χ2n) is 8.67. The van der Waals surface area contributed by atoms with Crippen LogP contribution in [0.1, 0.15) is 58.2 Å². The van der Waals surface area contributed by atoms with E-state index in [2.05, 4.69) is 38.4 Å². The lowest BCUT2D eigenvalue weighted by atomic mass is 9.92. The van der Waals surface area contributed by atoms with Crippen molar-refractivity contribution in [1.29, 1.82) is 5.26 Å². The molecule has 3 atom stereocenters. The fourth-order valence-corrected chi connectivity index (χ4v) is 4.59. The van der Waals surface area contributed by atoms with Gasteiger partial charge in [-0.05, 0) is 49.6 Å². The number of piperazine rings is 1. The van der Waals surface area contributed by atoms with Crippen LogP contribution < -0.4 is 5.32 Å². The van der Waals surface area contributed by atoms with Crippen molar-refractivity contribution in [2.45, 2.75) is 46.0 Å². The smallest absolute Gasteiger partial charge is 0.338 e. The van der Waals surface area contributed by atoms with Crippen LogP contribution in [0.2, 0.25) is 0 Å². The Bertz CT molecular complexity index is 1320. The third kappa shape index (κ3) is 3.99. The zero-order valence-electron chi connectivity index (χ0n) is 19.7. The lowest BCUT2D eigenvalue weighted by molar-refractivity contribution is 0.0535. The van der Waals surface area contributed by atoms with Gasteiger partial charge in [0.1, 0.15) is 12.7 Å². The highest BCUT2D eigenvalue weighted by Crippen LogP contribution is 2.31. The summed E-state index contributed by atoms with van der Waals surface area (Å²) in [5.41, 5.74) is 5.36. The number of aromatic nitrogens is 4. The third-order valence-corrected chi connectivity index (χ3v) is 6.24. The van der Waals surface area contributed by atoms with E-state index in [1.807, 2.05) is 19.9 Å². The van der Waals surface area contributed by atoms with Crippen LogP contribution in [-0.2, 0) is 17.9 Å². The van der Waals surface area contributed by atoms with Crippen LogP contribution in [-0.4, -0.2) is 50.0 Å². The molecule has 1 fully saturated rings. The van der Waals surface area contributed by atoms with E-state index in [9.17, 15) is 4.79 Å². The van der Waals surface area contributed by atoms with Crippen molar-refractivity contribution in [3.8, 4) is 11.9 Å². The maximum Gasteiger partial charge on any atom is 0.338 e. The lowest BCUT2D eigenvalue weighted by Crippen LogP contribution is -2.50. The summed E-state index contributed by atoms with van der Waals surface area (Å²) < 4.78 is 13.2. The number of nitrogens with zero attached hydrogens (tertiary/aromatic N) is 6. The first-order valence-electron chi connectivity index (χ1n) is 11.4. The SMILES string of the molecule is [2H]C1OC(=O)c2ccc(C3CN(Cc4cnn(-c5cc(C)c(C#N)cn5)n4)C[C@H](C)N3)c(C)c21. The van der Waals surface area contributed by atoms with E-state index in [4.69, 9.17) is 11.4 Å². The molecule has 9 nitrogen and oxygen atoms in total. The van der Waals surface area contributed by atoms with Gasteiger partial charge in [0.15, 0.2) is 5.82 Å². The van der Waals surface area contributed by atoms with Gasteiger partial charge in [-0.3, -0.25) is 4.90 Å². The van der Waals surface area contributed by atoms with E-state index in [0.717, 1.165) is 35.5 Å². The average molecular weight is 445 g/mol. The number of esters is 1. The molecule has 4 heterocycles. The molecule has 33 heavy (non-hydrogen) atoms. The molecule has 0 spiro atoms.